The van der Waals surface area contributed by atoms with Crippen LogP contribution in [0.25, 0.3) is 0 Å². The molecule has 1 aromatic heterocycles. The predicted molar refractivity (Wildman–Crippen MR) is 59.2 cm³/mol. The minimum Gasteiger partial charge on any atom is -0.316 e. The molecular formula is C11H13BrN2. The van der Waals surface area contributed by atoms with Crippen LogP contribution in [0.15, 0.2) is 16.9 Å². The number of halogens is 1. The van der Waals surface area contributed by atoms with Crippen LogP contribution in [-0.4, -0.2) is 18.1 Å². The first-order chi connectivity index (χ1) is 6.84. The maximum atomic E-state index is 4.24. The Balaban J connectivity index is 2.01. The van der Waals surface area contributed by atoms with E-state index in [0.717, 1.165) is 11.8 Å². The van der Waals surface area contributed by atoms with Crippen LogP contribution in [0.2, 0.25) is 0 Å². The van der Waals surface area contributed by atoms with Gasteiger partial charge in [0.05, 0.1) is 0 Å². The van der Waals surface area contributed by atoms with Crippen LogP contribution < -0.4 is 5.32 Å². The molecule has 2 heterocycles. The molecule has 0 spiro atoms. The van der Waals surface area contributed by atoms with Gasteiger partial charge in [0.25, 0.3) is 0 Å². The normalized spacial score (nSPS) is 29.8. The van der Waals surface area contributed by atoms with E-state index in [2.05, 4.69) is 26.2 Å². The molecule has 2 aliphatic rings. The molecule has 0 radical (unpaired) electrons. The fourth-order valence-electron chi connectivity index (χ4n) is 2.72. The van der Waals surface area contributed by atoms with Crippen molar-refractivity contribution >= 4 is 15.9 Å². The lowest BCUT2D eigenvalue weighted by Crippen LogP contribution is -2.24. The van der Waals surface area contributed by atoms with Gasteiger partial charge in [-0.15, -0.1) is 0 Å². The van der Waals surface area contributed by atoms with Gasteiger partial charge in [0.1, 0.15) is 0 Å². The monoisotopic (exact) mass is 252 g/mol. The molecule has 2 unspecified atom stereocenters. The van der Waals surface area contributed by atoms with Gasteiger partial charge in [-0.05, 0) is 64.8 Å². The van der Waals surface area contributed by atoms with Crippen molar-refractivity contribution in [1.29, 1.82) is 0 Å². The first kappa shape index (κ1) is 8.86. The summed E-state index contributed by atoms with van der Waals surface area (Å²) in [6.07, 6.45) is 6.38. The Morgan fingerprint density at radius 3 is 2.86 bits per heavy atom. The molecule has 14 heavy (non-hydrogen) atoms. The molecular weight excluding hydrogens is 240 g/mol. The van der Waals surface area contributed by atoms with Crippen LogP contribution in [0, 0.1) is 11.8 Å². The summed E-state index contributed by atoms with van der Waals surface area (Å²) in [4.78, 5) is 4.24. The topological polar surface area (TPSA) is 24.9 Å². The van der Waals surface area contributed by atoms with E-state index < -0.39 is 0 Å². The van der Waals surface area contributed by atoms with Crippen LogP contribution in [0.3, 0.4) is 0 Å². The number of nitrogens with one attached hydrogen (secondary N) is 1. The van der Waals surface area contributed by atoms with Crippen LogP contribution >= 0.6 is 15.9 Å². The van der Waals surface area contributed by atoms with E-state index in [1.165, 1.54) is 41.5 Å². The summed E-state index contributed by atoms with van der Waals surface area (Å²) in [6, 6.07) is 0. The Kier molecular flexibility index (Phi) is 2.10. The maximum Gasteiger partial charge on any atom is 0.0413 e. The Bertz CT molecular complexity index is 364. The molecule has 1 N–H and O–H groups in total. The average Bonchev–Trinajstić information content (AvgIpc) is 2.62. The van der Waals surface area contributed by atoms with Gasteiger partial charge < -0.3 is 5.32 Å². The van der Waals surface area contributed by atoms with E-state index in [-0.39, 0.29) is 0 Å². The molecule has 1 aromatic rings. The molecule has 1 aliphatic heterocycles. The van der Waals surface area contributed by atoms with Crippen LogP contribution in [-0.2, 0) is 12.8 Å². The average molecular weight is 253 g/mol. The molecule has 0 amide bonds. The lowest BCUT2D eigenvalue weighted by molar-refractivity contribution is 0.389. The number of aromatic nitrogens is 1. The first-order valence-electron chi connectivity index (χ1n) is 5.16. The molecule has 0 aromatic carbocycles. The second kappa shape index (κ2) is 3.31. The minimum atomic E-state index is 0.846. The summed E-state index contributed by atoms with van der Waals surface area (Å²) in [6.45, 7) is 2.38. The number of rotatable bonds is 0. The third kappa shape index (κ3) is 1.30. The predicted octanol–water partition coefficient (Wildman–Crippen LogP) is 1.78. The van der Waals surface area contributed by atoms with Crippen LogP contribution in [0.5, 0.6) is 0 Å². The quantitative estimate of drug-likeness (QED) is 0.762. The Morgan fingerprint density at radius 1 is 1.21 bits per heavy atom. The first-order valence-corrected chi connectivity index (χ1v) is 5.96. The summed E-state index contributed by atoms with van der Waals surface area (Å²) >= 11 is 3.60. The zero-order valence-corrected chi connectivity index (χ0v) is 9.55. The molecule has 1 fully saturated rings. The number of fused-ring (bicyclic) bond motifs is 2. The molecule has 0 bridgehead atoms. The van der Waals surface area contributed by atoms with Gasteiger partial charge in [-0.3, -0.25) is 4.98 Å². The minimum absolute atomic E-state index is 0.846. The maximum absolute atomic E-state index is 4.24. The van der Waals surface area contributed by atoms with Crippen LogP contribution in [0.4, 0.5) is 0 Å². The number of nitrogens with zero attached hydrogens (tertiary/aromatic N) is 1. The van der Waals surface area contributed by atoms with E-state index in [1.54, 1.807) is 0 Å². The van der Waals surface area contributed by atoms with E-state index in [9.17, 15) is 0 Å². The fourth-order valence-corrected chi connectivity index (χ4v) is 3.25. The lowest BCUT2D eigenvalue weighted by atomic mass is 9.79. The Morgan fingerprint density at radius 2 is 2.00 bits per heavy atom. The highest BCUT2D eigenvalue weighted by atomic mass is 79.9. The molecule has 1 saturated heterocycles. The van der Waals surface area contributed by atoms with Crippen molar-refractivity contribution in [2.75, 3.05) is 13.1 Å². The number of hydrogen-bond acceptors (Lipinski definition) is 2. The highest BCUT2D eigenvalue weighted by molar-refractivity contribution is 9.10. The molecule has 0 saturated carbocycles. The fraction of sp³-hybridized carbons (Fsp3) is 0.545. The molecule has 1 aliphatic carbocycles. The lowest BCUT2D eigenvalue weighted by Gasteiger charge is -2.27. The SMILES string of the molecule is Brc1cncc2c1CC1CNCC1C2. The molecule has 2 atom stereocenters. The zero-order chi connectivity index (χ0) is 9.54. The summed E-state index contributed by atoms with van der Waals surface area (Å²) in [5, 5.41) is 3.48. The van der Waals surface area contributed by atoms with Gasteiger partial charge in [-0.25, -0.2) is 0 Å². The Hall–Kier alpha value is -0.410. The highest BCUT2D eigenvalue weighted by Gasteiger charge is 2.32. The van der Waals surface area contributed by atoms with E-state index in [4.69, 9.17) is 0 Å². The summed E-state index contributed by atoms with van der Waals surface area (Å²) in [5.41, 5.74) is 2.94. The van der Waals surface area contributed by atoms with E-state index >= 15 is 0 Å². The van der Waals surface area contributed by atoms with Crippen LogP contribution in [0.1, 0.15) is 11.1 Å². The van der Waals surface area contributed by atoms with Crippen molar-refractivity contribution in [3.8, 4) is 0 Å². The van der Waals surface area contributed by atoms with Gasteiger partial charge in [0, 0.05) is 16.9 Å². The van der Waals surface area contributed by atoms with E-state index in [0.29, 0.717) is 0 Å². The van der Waals surface area contributed by atoms with Crippen molar-refractivity contribution in [2.45, 2.75) is 12.8 Å². The van der Waals surface area contributed by atoms with Gasteiger partial charge in [0.2, 0.25) is 0 Å². The van der Waals surface area contributed by atoms with Gasteiger partial charge in [-0.1, -0.05) is 0 Å². The van der Waals surface area contributed by atoms with Crippen molar-refractivity contribution < 1.29 is 0 Å². The smallest absolute Gasteiger partial charge is 0.0413 e. The molecule has 3 heteroatoms. The largest absolute Gasteiger partial charge is 0.316 e. The standard InChI is InChI=1S/C11H13BrN2/c12-11-6-14-5-9-1-7-3-13-4-8(7)2-10(9)11/h5-8,13H,1-4H2. The third-order valence-electron chi connectivity index (χ3n) is 3.52. The van der Waals surface area contributed by atoms with Crippen molar-refractivity contribution in [3.63, 3.8) is 0 Å². The van der Waals surface area contributed by atoms with E-state index in [1.807, 2.05) is 12.4 Å². The number of hydrogen-bond donors (Lipinski definition) is 1. The van der Waals surface area contributed by atoms with Gasteiger partial charge in [0.15, 0.2) is 0 Å². The molecule has 3 rings (SSSR count). The van der Waals surface area contributed by atoms with Gasteiger partial charge >= 0.3 is 0 Å². The second-order valence-electron chi connectivity index (χ2n) is 4.35. The summed E-state index contributed by atoms with van der Waals surface area (Å²) in [5.74, 6) is 1.69. The van der Waals surface area contributed by atoms with Gasteiger partial charge in [-0.2, -0.15) is 0 Å². The zero-order valence-electron chi connectivity index (χ0n) is 7.96. The molecule has 2 nitrogen and oxygen atoms in total. The molecule has 74 valence electrons. The van der Waals surface area contributed by atoms with Crippen molar-refractivity contribution in [1.82, 2.24) is 10.3 Å². The summed E-state index contributed by atoms with van der Waals surface area (Å²) < 4.78 is 1.19. The Labute approximate surface area is 92.2 Å². The summed E-state index contributed by atoms with van der Waals surface area (Å²) in [7, 11) is 0. The highest BCUT2D eigenvalue weighted by Crippen LogP contribution is 2.35. The van der Waals surface area contributed by atoms with Crippen molar-refractivity contribution in [3.05, 3.63) is 28.0 Å². The number of pyridine rings is 1. The third-order valence-corrected chi connectivity index (χ3v) is 4.21. The second-order valence-corrected chi connectivity index (χ2v) is 5.20. The van der Waals surface area contributed by atoms with Crippen molar-refractivity contribution in [2.24, 2.45) is 11.8 Å².